The Morgan fingerprint density at radius 1 is 1.35 bits per heavy atom. The second kappa shape index (κ2) is 5.57. The van der Waals surface area contributed by atoms with Crippen molar-refractivity contribution in [1.29, 1.82) is 0 Å². The van der Waals surface area contributed by atoms with E-state index in [1.807, 2.05) is 13.8 Å². The highest BCUT2D eigenvalue weighted by Crippen LogP contribution is 2.22. The molecule has 0 fully saturated rings. The molecule has 0 saturated carbocycles. The maximum absolute atomic E-state index is 11.9. The summed E-state index contributed by atoms with van der Waals surface area (Å²) in [5.41, 5.74) is 0.0974. The smallest absolute Gasteiger partial charge is 0.255 e. The molecule has 0 saturated heterocycles. The minimum atomic E-state index is -0.369. The first-order valence-corrected chi connectivity index (χ1v) is 5.78. The van der Waals surface area contributed by atoms with Crippen molar-refractivity contribution in [1.82, 2.24) is 5.32 Å². The third-order valence-corrected chi connectivity index (χ3v) is 3.08. The Labute approximate surface area is 101 Å². The molecule has 0 aromatic heterocycles. The Morgan fingerprint density at radius 3 is 2.59 bits per heavy atom. The molecule has 0 aliphatic carbocycles. The lowest BCUT2D eigenvalue weighted by Gasteiger charge is -2.20. The standard InChI is InChI=1S/C13H19NO3/c1-4-8(2)9(3)14-13(17)11-7-10(15)5-6-12(11)16/h5-9,15-16H,4H2,1-3H3,(H,14,17). The van der Waals surface area contributed by atoms with Gasteiger partial charge in [0, 0.05) is 6.04 Å². The highest BCUT2D eigenvalue weighted by Gasteiger charge is 2.17. The molecule has 2 unspecified atom stereocenters. The molecule has 4 heteroatoms. The lowest BCUT2D eigenvalue weighted by Crippen LogP contribution is -2.36. The number of rotatable bonds is 4. The van der Waals surface area contributed by atoms with Crippen LogP contribution in [-0.4, -0.2) is 22.2 Å². The fourth-order valence-corrected chi connectivity index (χ4v) is 1.49. The first-order valence-electron chi connectivity index (χ1n) is 5.78. The van der Waals surface area contributed by atoms with E-state index in [1.165, 1.54) is 18.2 Å². The van der Waals surface area contributed by atoms with E-state index in [4.69, 9.17) is 0 Å². The molecule has 4 nitrogen and oxygen atoms in total. The summed E-state index contributed by atoms with van der Waals surface area (Å²) in [6.45, 7) is 6.03. The maximum atomic E-state index is 11.9. The van der Waals surface area contributed by atoms with Gasteiger partial charge in [-0.25, -0.2) is 0 Å². The predicted octanol–water partition coefficient (Wildman–Crippen LogP) is 2.26. The van der Waals surface area contributed by atoms with Crippen LogP contribution in [0.15, 0.2) is 18.2 Å². The first-order chi connectivity index (χ1) is 7.95. The molecule has 17 heavy (non-hydrogen) atoms. The quantitative estimate of drug-likeness (QED) is 0.703. The average Bonchev–Trinajstić information content (AvgIpc) is 2.30. The molecule has 0 aliphatic rings. The summed E-state index contributed by atoms with van der Waals surface area (Å²) in [5.74, 6) is -0.176. The van der Waals surface area contributed by atoms with Gasteiger partial charge < -0.3 is 15.5 Å². The van der Waals surface area contributed by atoms with Crippen molar-refractivity contribution in [3.05, 3.63) is 23.8 Å². The van der Waals surface area contributed by atoms with Gasteiger partial charge in [-0.05, 0) is 31.0 Å². The Balaban J connectivity index is 2.79. The van der Waals surface area contributed by atoms with Gasteiger partial charge in [0.2, 0.25) is 0 Å². The molecule has 0 radical (unpaired) electrons. The number of phenolic OH excluding ortho intramolecular Hbond substituents is 2. The van der Waals surface area contributed by atoms with Gasteiger partial charge >= 0.3 is 0 Å². The van der Waals surface area contributed by atoms with Gasteiger partial charge in [0.1, 0.15) is 11.5 Å². The highest BCUT2D eigenvalue weighted by atomic mass is 16.3. The molecule has 0 spiro atoms. The van der Waals surface area contributed by atoms with Gasteiger partial charge in [-0.1, -0.05) is 20.3 Å². The van der Waals surface area contributed by atoms with Crippen molar-refractivity contribution < 1.29 is 15.0 Å². The zero-order valence-corrected chi connectivity index (χ0v) is 10.4. The summed E-state index contributed by atoms with van der Waals surface area (Å²) in [6.07, 6.45) is 0.966. The van der Waals surface area contributed by atoms with E-state index in [9.17, 15) is 15.0 Å². The Kier molecular flexibility index (Phi) is 4.37. The van der Waals surface area contributed by atoms with Gasteiger partial charge in [0.25, 0.3) is 5.91 Å². The second-order valence-corrected chi connectivity index (χ2v) is 4.35. The normalized spacial score (nSPS) is 14.1. The van der Waals surface area contributed by atoms with Crippen molar-refractivity contribution in [2.75, 3.05) is 0 Å². The van der Waals surface area contributed by atoms with E-state index in [-0.39, 0.29) is 29.0 Å². The van der Waals surface area contributed by atoms with Crippen molar-refractivity contribution in [2.45, 2.75) is 33.2 Å². The average molecular weight is 237 g/mol. The van der Waals surface area contributed by atoms with Crippen LogP contribution in [0.2, 0.25) is 0 Å². The molecule has 3 N–H and O–H groups in total. The number of hydrogen-bond acceptors (Lipinski definition) is 3. The van der Waals surface area contributed by atoms with Crippen LogP contribution < -0.4 is 5.32 Å². The molecule has 1 rings (SSSR count). The number of carbonyl (C=O) groups excluding carboxylic acids is 1. The van der Waals surface area contributed by atoms with Crippen LogP contribution in [0.1, 0.15) is 37.6 Å². The summed E-state index contributed by atoms with van der Waals surface area (Å²) < 4.78 is 0. The monoisotopic (exact) mass is 237 g/mol. The van der Waals surface area contributed by atoms with Crippen LogP contribution in [0.3, 0.4) is 0 Å². The van der Waals surface area contributed by atoms with Crippen molar-refractivity contribution in [3.8, 4) is 11.5 Å². The van der Waals surface area contributed by atoms with E-state index in [0.29, 0.717) is 5.92 Å². The van der Waals surface area contributed by atoms with Gasteiger partial charge in [0.15, 0.2) is 0 Å². The number of nitrogens with one attached hydrogen (secondary N) is 1. The Morgan fingerprint density at radius 2 is 2.00 bits per heavy atom. The van der Waals surface area contributed by atoms with Crippen LogP contribution in [0, 0.1) is 5.92 Å². The van der Waals surface area contributed by atoms with Crippen molar-refractivity contribution >= 4 is 5.91 Å². The van der Waals surface area contributed by atoms with Crippen LogP contribution in [0.5, 0.6) is 11.5 Å². The lowest BCUT2D eigenvalue weighted by molar-refractivity contribution is 0.0925. The molecule has 0 aliphatic heterocycles. The summed E-state index contributed by atoms with van der Waals surface area (Å²) in [6, 6.07) is 3.92. The fourth-order valence-electron chi connectivity index (χ4n) is 1.49. The third-order valence-electron chi connectivity index (χ3n) is 3.08. The van der Waals surface area contributed by atoms with Crippen molar-refractivity contribution in [2.24, 2.45) is 5.92 Å². The number of carbonyl (C=O) groups is 1. The largest absolute Gasteiger partial charge is 0.508 e. The maximum Gasteiger partial charge on any atom is 0.255 e. The molecule has 1 amide bonds. The molecule has 2 atom stereocenters. The predicted molar refractivity (Wildman–Crippen MR) is 66.2 cm³/mol. The van der Waals surface area contributed by atoms with E-state index in [0.717, 1.165) is 6.42 Å². The minimum absolute atomic E-state index is 0.0225. The number of amides is 1. The fraction of sp³-hybridized carbons (Fsp3) is 0.462. The molecule has 0 heterocycles. The van der Waals surface area contributed by atoms with Gasteiger partial charge in [-0.15, -0.1) is 0 Å². The van der Waals surface area contributed by atoms with Crippen LogP contribution >= 0.6 is 0 Å². The third kappa shape index (κ3) is 3.37. The highest BCUT2D eigenvalue weighted by molar-refractivity contribution is 5.97. The number of aromatic hydroxyl groups is 2. The number of hydrogen-bond donors (Lipinski definition) is 3. The molecule has 1 aromatic rings. The molecular formula is C13H19NO3. The van der Waals surface area contributed by atoms with Crippen LogP contribution in [-0.2, 0) is 0 Å². The number of phenols is 2. The second-order valence-electron chi connectivity index (χ2n) is 4.35. The molecule has 94 valence electrons. The van der Waals surface area contributed by atoms with Gasteiger partial charge in [-0.3, -0.25) is 4.79 Å². The number of benzene rings is 1. The molecule has 1 aromatic carbocycles. The Hall–Kier alpha value is -1.71. The Bertz CT molecular complexity index is 404. The first kappa shape index (κ1) is 13.4. The van der Waals surface area contributed by atoms with Crippen LogP contribution in [0.4, 0.5) is 0 Å². The lowest BCUT2D eigenvalue weighted by atomic mass is 10.0. The van der Waals surface area contributed by atoms with E-state index in [1.54, 1.807) is 0 Å². The van der Waals surface area contributed by atoms with Gasteiger partial charge in [0.05, 0.1) is 5.56 Å². The summed E-state index contributed by atoms with van der Waals surface area (Å²) in [4.78, 5) is 11.9. The summed E-state index contributed by atoms with van der Waals surface area (Å²) in [5, 5.41) is 21.6. The van der Waals surface area contributed by atoms with E-state index < -0.39 is 0 Å². The zero-order valence-electron chi connectivity index (χ0n) is 10.4. The topological polar surface area (TPSA) is 69.6 Å². The van der Waals surface area contributed by atoms with Crippen LogP contribution in [0.25, 0.3) is 0 Å². The van der Waals surface area contributed by atoms with Gasteiger partial charge in [-0.2, -0.15) is 0 Å². The summed E-state index contributed by atoms with van der Waals surface area (Å²) >= 11 is 0. The SMILES string of the molecule is CCC(C)C(C)NC(=O)c1cc(O)ccc1O. The van der Waals surface area contributed by atoms with Crippen molar-refractivity contribution in [3.63, 3.8) is 0 Å². The molecular weight excluding hydrogens is 218 g/mol. The zero-order chi connectivity index (χ0) is 13.0. The summed E-state index contributed by atoms with van der Waals surface area (Å²) in [7, 11) is 0. The van der Waals surface area contributed by atoms with E-state index in [2.05, 4.69) is 12.2 Å². The van der Waals surface area contributed by atoms with E-state index >= 15 is 0 Å². The molecule has 0 bridgehead atoms. The minimum Gasteiger partial charge on any atom is -0.508 e.